The molecule has 204 valence electrons. The molecule has 2 atom stereocenters. The summed E-state index contributed by atoms with van der Waals surface area (Å²) in [6.07, 6.45) is 0.524. The second-order valence-electron chi connectivity index (χ2n) is 10.4. The van der Waals surface area contributed by atoms with E-state index in [0.717, 1.165) is 64.1 Å². The largest absolute Gasteiger partial charge is 0.481 e. The van der Waals surface area contributed by atoms with Gasteiger partial charge < -0.3 is 24.4 Å². The van der Waals surface area contributed by atoms with Crippen molar-refractivity contribution in [2.45, 2.75) is 17.9 Å². The Morgan fingerprint density at radius 3 is 2.41 bits per heavy atom. The number of methoxy groups -OCH3 is 1. The molecule has 1 fully saturated rings. The first-order chi connectivity index (χ1) is 18.9. The average Bonchev–Trinajstić information content (AvgIpc) is 2.97. The predicted octanol–water partition coefficient (Wildman–Crippen LogP) is 5.81. The zero-order chi connectivity index (χ0) is 27.4. The van der Waals surface area contributed by atoms with Crippen LogP contribution in [-0.2, 0) is 10.3 Å². The van der Waals surface area contributed by atoms with Crippen LogP contribution in [0.15, 0.2) is 83.3 Å². The highest BCUT2D eigenvalue weighted by molar-refractivity contribution is 9.10. The quantitative estimate of drug-likeness (QED) is 0.266. The molecule has 6 nitrogen and oxygen atoms in total. The fraction of sp³-hybridized carbons (Fsp3) is 0.344. The van der Waals surface area contributed by atoms with Crippen molar-refractivity contribution in [2.75, 3.05) is 59.0 Å². The number of nitrogens with zero attached hydrogens (tertiary/aromatic N) is 3. The van der Waals surface area contributed by atoms with E-state index in [1.807, 2.05) is 44.4 Å². The third-order valence-corrected chi connectivity index (χ3v) is 8.06. The first kappa shape index (κ1) is 27.6. The molecule has 1 saturated heterocycles. The van der Waals surface area contributed by atoms with Crippen molar-refractivity contribution < 1.29 is 14.6 Å². The number of ether oxygens (including phenoxy) is 2. The van der Waals surface area contributed by atoms with Crippen LogP contribution in [0.25, 0.3) is 10.9 Å². The Morgan fingerprint density at radius 1 is 1.03 bits per heavy atom. The molecule has 7 heteroatoms. The van der Waals surface area contributed by atoms with Gasteiger partial charge in [0.15, 0.2) is 0 Å². The van der Waals surface area contributed by atoms with Gasteiger partial charge in [0.05, 0.1) is 25.8 Å². The maximum absolute atomic E-state index is 12.9. The van der Waals surface area contributed by atoms with Crippen LogP contribution < -0.4 is 9.64 Å². The summed E-state index contributed by atoms with van der Waals surface area (Å²) in [5.41, 5.74) is 3.48. The first-order valence-corrected chi connectivity index (χ1v) is 14.2. The highest BCUT2D eigenvalue weighted by Gasteiger charge is 2.42. The van der Waals surface area contributed by atoms with Gasteiger partial charge in [0.2, 0.25) is 5.88 Å². The molecule has 0 saturated carbocycles. The molecule has 1 N–H and O–H groups in total. The molecule has 1 aliphatic heterocycles. The molecule has 4 aromatic rings. The van der Waals surface area contributed by atoms with Crippen LogP contribution in [0.5, 0.6) is 5.88 Å². The summed E-state index contributed by atoms with van der Waals surface area (Å²) >= 11 is 3.61. The van der Waals surface area contributed by atoms with E-state index >= 15 is 0 Å². The van der Waals surface area contributed by atoms with Gasteiger partial charge >= 0.3 is 0 Å². The van der Waals surface area contributed by atoms with E-state index in [9.17, 15) is 5.11 Å². The lowest BCUT2D eigenvalue weighted by Gasteiger charge is -2.39. The SMILES string of the molecule is COc1nc2ccc(Br)cc2cc1C(c1ccccc1)C(O)(CCN(C)C)c1ccc(N2CCOCC2)cc1. The highest BCUT2D eigenvalue weighted by atomic mass is 79.9. The van der Waals surface area contributed by atoms with Crippen LogP contribution in [0.3, 0.4) is 0 Å². The zero-order valence-corrected chi connectivity index (χ0v) is 24.4. The van der Waals surface area contributed by atoms with Crippen LogP contribution in [-0.4, -0.2) is 69.0 Å². The molecule has 1 aromatic heterocycles. The smallest absolute Gasteiger partial charge is 0.217 e. The second kappa shape index (κ2) is 12.0. The van der Waals surface area contributed by atoms with Crippen LogP contribution in [0.1, 0.15) is 29.0 Å². The van der Waals surface area contributed by atoms with Gasteiger partial charge in [-0.2, -0.15) is 0 Å². The van der Waals surface area contributed by atoms with E-state index in [1.165, 1.54) is 0 Å². The van der Waals surface area contributed by atoms with Crippen LogP contribution in [0.4, 0.5) is 5.69 Å². The van der Waals surface area contributed by atoms with Gasteiger partial charge in [-0.15, -0.1) is 0 Å². The molecule has 0 radical (unpaired) electrons. The minimum atomic E-state index is -1.23. The van der Waals surface area contributed by atoms with Gasteiger partial charge in [-0.1, -0.05) is 58.4 Å². The number of halogens is 1. The van der Waals surface area contributed by atoms with Gasteiger partial charge in [-0.05, 0) is 68.0 Å². The van der Waals surface area contributed by atoms with E-state index in [0.29, 0.717) is 18.8 Å². The van der Waals surface area contributed by atoms with Crippen molar-refractivity contribution in [1.29, 1.82) is 0 Å². The standard InChI is InChI=1S/C32H36BrN3O3/c1-35(2)16-15-32(37,25-9-12-27(13-10-25)36-17-19-39-20-18-36)30(23-7-5-4-6-8-23)28-22-24-21-26(33)11-14-29(24)34-31(28)38-3/h4-14,21-22,30,37H,15-20H2,1-3H3. The minimum absolute atomic E-state index is 0.418. The molecule has 1 aliphatic rings. The molecular weight excluding hydrogens is 554 g/mol. The van der Waals surface area contributed by atoms with Crippen molar-refractivity contribution in [3.8, 4) is 5.88 Å². The molecule has 2 heterocycles. The molecule has 3 aromatic carbocycles. The summed E-state index contributed by atoms with van der Waals surface area (Å²) < 4.78 is 12.4. The van der Waals surface area contributed by atoms with Crippen molar-refractivity contribution in [3.05, 3.63) is 100 Å². The van der Waals surface area contributed by atoms with Gasteiger partial charge in [-0.3, -0.25) is 0 Å². The van der Waals surface area contributed by atoms with Gasteiger partial charge in [-0.25, -0.2) is 4.98 Å². The monoisotopic (exact) mass is 589 g/mol. The number of hydrogen-bond donors (Lipinski definition) is 1. The Bertz CT molecular complexity index is 1390. The highest BCUT2D eigenvalue weighted by Crippen LogP contribution is 2.47. The average molecular weight is 591 g/mol. The second-order valence-corrected chi connectivity index (χ2v) is 11.3. The van der Waals surface area contributed by atoms with Crippen LogP contribution >= 0.6 is 15.9 Å². The lowest BCUT2D eigenvalue weighted by molar-refractivity contribution is 0.00381. The number of anilines is 1. The molecule has 2 unspecified atom stereocenters. The van der Waals surface area contributed by atoms with Gasteiger partial charge in [0.1, 0.15) is 5.60 Å². The van der Waals surface area contributed by atoms with Crippen molar-refractivity contribution in [3.63, 3.8) is 0 Å². The first-order valence-electron chi connectivity index (χ1n) is 13.4. The molecule has 0 amide bonds. The topological polar surface area (TPSA) is 58.1 Å². The summed E-state index contributed by atoms with van der Waals surface area (Å²) in [7, 11) is 5.72. The summed E-state index contributed by atoms with van der Waals surface area (Å²) in [6, 6.07) is 26.7. The maximum Gasteiger partial charge on any atom is 0.217 e. The fourth-order valence-electron chi connectivity index (χ4n) is 5.51. The lowest BCUT2D eigenvalue weighted by atomic mass is 9.71. The van der Waals surface area contributed by atoms with E-state index in [-0.39, 0.29) is 0 Å². The molecule has 0 bridgehead atoms. The lowest BCUT2D eigenvalue weighted by Crippen LogP contribution is -2.38. The summed E-state index contributed by atoms with van der Waals surface area (Å²) in [5.74, 6) is 0.102. The van der Waals surface area contributed by atoms with Gasteiger partial charge in [0.25, 0.3) is 0 Å². The molecule has 0 aliphatic carbocycles. The Kier molecular flexibility index (Phi) is 8.52. The fourth-order valence-corrected chi connectivity index (χ4v) is 5.88. The minimum Gasteiger partial charge on any atom is -0.481 e. The maximum atomic E-state index is 12.9. The van der Waals surface area contributed by atoms with Crippen LogP contribution in [0.2, 0.25) is 0 Å². The number of fused-ring (bicyclic) bond motifs is 1. The Labute approximate surface area is 239 Å². The summed E-state index contributed by atoms with van der Waals surface area (Å²) in [5, 5.41) is 13.9. The number of benzene rings is 3. The molecule has 39 heavy (non-hydrogen) atoms. The molecule has 5 rings (SSSR count). The summed E-state index contributed by atoms with van der Waals surface area (Å²) in [6.45, 7) is 3.91. The number of aliphatic hydroxyl groups is 1. The van der Waals surface area contributed by atoms with Crippen molar-refractivity contribution >= 4 is 32.5 Å². The van der Waals surface area contributed by atoms with Gasteiger partial charge in [0, 0.05) is 46.7 Å². The molecular formula is C32H36BrN3O3. The number of aromatic nitrogens is 1. The number of morpholine rings is 1. The Balaban J connectivity index is 1.68. The van der Waals surface area contributed by atoms with E-state index < -0.39 is 11.5 Å². The van der Waals surface area contributed by atoms with Crippen LogP contribution in [0, 0.1) is 0 Å². The number of rotatable bonds is 9. The Morgan fingerprint density at radius 2 is 1.74 bits per heavy atom. The van der Waals surface area contributed by atoms with E-state index in [4.69, 9.17) is 14.5 Å². The van der Waals surface area contributed by atoms with Crippen molar-refractivity contribution in [1.82, 2.24) is 9.88 Å². The van der Waals surface area contributed by atoms with E-state index in [1.54, 1.807) is 7.11 Å². The van der Waals surface area contributed by atoms with Crippen molar-refractivity contribution in [2.24, 2.45) is 0 Å². The third kappa shape index (κ3) is 5.97. The normalized spacial score (nSPS) is 16.3. The Hall–Kier alpha value is -2.97. The summed E-state index contributed by atoms with van der Waals surface area (Å²) in [4.78, 5) is 9.32. The third-order valence-electron chi connectivity index (χ3n) is 7.57. The predicted molar refractivity (Wildman–Crippen MR) is 161 cm³/mol. The number of hydrogen-bond acceptors (Lipinski definition) is 6. The number of pyridine rings is 1. The molecule has 0 spiro atoms. The van der Waals surface area contributed by atoms with E-state index in [2.05, 4.69) is 74.3 Å². The zero-order valence-electron chi connectivity index (χ0n) is 22.8.